The van der Waals surface area contributed by atoms with Crippen molar-refractivity contribution in [2.24, 2.45) is 0 Å². The van der Waals surface area contributed by atoms with Gasteiger partial charge in [-0.1, -0.05) is 72.8 Å². The lowest BCUT2D eigenvalue weighted by Crippen LogP contribution is -1.98. The zero-order valence-corrected chi connectivity index (χ0v) is 14.3. The molecule has 0 bridgehead atoms. The van der Waals surface area contributed by atoms with Gasteiger partial charge in [0.15, 0.2) is 0 Å². The summed E-state index contributed by atoms with van der Waals surface area (Å²) in [6.07, 6.45) is 1.60. The fourth-order valence-electron chi connectivity index (χ4n) is 3.62. The fourth-order valence-corrected chi connectivity index (χ4v) is 3.62. The predicted octanol–water partition coefficient (Wildman–Crippen LogP) is 5.28. The Morgan fingerprint density at radius 3 is 2.24 bits per heavy atom. The molecular weight excluding hydrogens is 306 g/mol. The van der Waals surface area contributed by atoms with Crippen molar-refractivity contribution in [2.75, 3.05) is 6.61 Å². The molecule has 4 rings (SSSR count). The van der Waals surface area contributed by atoms with Gasteiger partial charge in [-0.15, -0.1) is 0 Å². The third-order valence-electron chi connectivity index (χ3n) is 4.69. The molecule has 0 saturated carbocycles. The summed E-state index contributed by atoms with van der Waals surface area (Å²) in [5.41, 5.74) is 3.90. The van der Waals surface area contributed by atoms with Gasteiger partial charge in [0.25, 0.3) is 0 Å². The van der Waals surface area contributed by atoms with Crippen molar-refractivity contribution in [1.82, 2.24) is 6.15 Å². The summed E-state index contributed by atoms with van der Waals surface area (Å²) < 4.78 is 0. The minimum atomic E-state index is 0. The molecule has 4 aromatic rings. The van der Waals surface area contributed by atoms with Gasteiger partial charge in [0.05, 0.1) is 0 Å². The van der Waals surface area contributed by atoms with Gasteiger partial charge >= 0.3 is 0 Å². The van der Waals surface area contributed by atoms with E-state index >= 15 is 0 Å². The van der Waals surface area contributed by atoms with Gasteiger partial charge in [0.2, 0.25) is 0 Å². The molecule has 0 saturated heterocycles. The summed E-state index contributed by atoms with van der Waals surface area (Å²) in [5.74, 6) is 0. The fraction of sp³-hybridized carbons (Fsp3) is 0.130. The number of aliphatic hydroxyl groups excluding tert-OH is 1. The molecule has 0 aliphatic carbocycles. The molecule has 0 aromatic heterocycles. The van der Waals surface area contributed by atoms with Crippen LogP contribution in [0.15, 0.2) is 78.9 Å². The highest BCUT2D eigenvalue weighted by Gasteiger charge is 2.11. The minimum Gasteiger partial charge on any atom is -0.396 e. The van der Waals surface area contributed by atoms with E-state index in [1.807, 2.05) is 0 Å². The quantitative estimate of drug-likeness (QED) is 0.500. The van der Waals surface area contributed by atoms with Gasteiger partial charge in [0.1, 0.15) is 0 Å². The van der Waals surface area contributed by atoms with Gasteiger partial charge in [-0.3, -0.25) is 0 Å². The standard InChI is InChI=1S/C23H20O.H3N/c24-14-13-18-10-6-11-20-16-19-9-4-5-12-21(19)22(23(18)20)15-17-7-2-1-3-8-17;/h1-12,16,24H,13-15H2;1H3. The highest BCUT2D eigenvalue weighted by Crippen LogP contribution is 2.32. The number of aliphatic hydroxyl groups is 1. The van der Waals surface area contributed by atoms with Gasteiger partial charge in [-0.2, -0.15) is 0 Å². The lowest BCUT2D eigenvalue weighted by atomic mass is 9.89. The van der Waals surface area contributed by atoms with E-state index in [2.05, 4.69) is 78.9 Å². The van der Waals surface area contributed by atoms with E-state index in [-0.39, 0.29) is 12.8 Å². The van der Waals surface area contributed by atoms with Crippen LogP contribution in [-0.4, -0.2) is 11.7 Å². The van der Waals surface area contributed by atoms with Crippen molar-refractivity contribution < 1.29 is 5.11 Å². The normalized spacial score (nSPS) is 10.8. The molecule has 4 aromatic carbocycles. The number of benzene rings is 4. The van der Waals surface area contributed by atoms with E-state index < -0.39 is 0 Å². The van der Waals surface area contributed by atoms with Crippen LogP contribution in [0.1, 0.15) is 16.7 Å². The van der Waals surface area contributed by atoms with Gasteiger partial charge in [-0.05, 0) is 57.1 Å². The Bertz CT molecular complexity index is 993. The second-order valence-corrected chi connectivity index (χ2v) is 6.23. The topological polar surface area (TPSA) is 55.2 Å². The molecule has 0 aliphatic heterocycles. The van der Waals surface area contributed by atoms with Crippen LogP contribution in [0.3, 0.4) is 0 Å². The maximum atomic E-state index is 9.47. The smallest absolute Gasteiger partial charge is 0.0471 e. The molecule has 0 unspecified atom stereocenters. The number of hydrogen-bond acceptors (Lipinski definition) is 2. The molecule has 0 fully saturated rings. The van der Waals surface area contributed by atoms with E-state index in [1.165, 1.54) is 38.2 Å². The van der Waals surface area contributed by atoms with Crippen LogP contribution in [0.2, 0.25) is 0 Å². The number of hydrogen-bond donors (Lipinski definition) is 2. The molecule has 25 heavy (non-hydrogen) atoms. The van der Waals surface area contributed by atoms with E-state index in [9.17, 15) is 5.11 Å². The summed E-state index contributed by atoms with van der Waals surface area (Å²) >= 11 is 0. The van der Waals surface area contributed by atoms with Crippen LogP contribution >= 0.6 is 0 Å². The Kier molecular flexibility index (Phi) is 5.13. The molecule has 2 heteroatoms. The van der Waals surface area contributed by atoms with Crippen LogP contribution in [0.5, 0.6) is 0 Å². The Labute approximate surface area is 148 Å². The monoisotopic (exact) mass is 329 g/mol. The average molecular weight is 329 g/mol. The Hall–Kier alpha value is -2.68. The van der Waals surface area contributed by atoms with Crippen molar-refractivity contribution >= 4 is 21.5 Å². The average Bonchev–Trinajstić information content (AvgIpc) is 2.63. The second kappa shape index (κ2) is 7.47. The summed E-state index contributed by atoms with van der Waals surface area (Å²) in [5, 5.41) is 14.6. The van der Waals surface area contributed by atoms with Crippen molar-refractivity contribution in [2.45, 2.75) is 12.8 Å². The van der Waals surface area contributed by atoms with Crippen molar-refractivity contribution in [1.29, 1.82) is 0 Å². The molecule has 0 spiro atoms. The maximum absolute atomic E-state index is 9.47. The molecule has 0 radical (unpaired) electrons. The summed E-state index contributed by atoms with van der Waals surface area (Å²) in [6.45, 7) is 0.177. The molecule has 0 amide bonds. The van der Waals surface area contributed by atoms with Crippen LogP contribution in [0.4, 0.5) is 0 Å². The largest absolute Gasteiger partial charge is 0.396 e. The summed E-state index contributed by atoms with van der Waals surface area (Å²) in [7, 11) is 0. The number of fused-ring (bicyclic) bond motifs is 2. The highest BCUT2D eigenvalue weighted by atomic mass is 16.2. The van der Waals surface area contributed by atoms with E-state index in [0.717, 1.165) is 6.42 Å². The lowest BCUT2D eigenvalue weighted by Gasteiger charge is -2.15. The Morgan fingerprint density at radius 2 is 1.44 bits per heavy atom. The third-order valence-corrected chi connectivity index (χ3v) is 4.69. The zero-order valence-electron chi connectivity index (χ0n) is 14.3. The van der Waals surface area contributed by atoms with E-state index in [1.54, 1.807) is 0 Å². The summed E-state index contributed by atoms with van der Waals surface area (Å²) in [4.78, 5) is 0. The predicted molar refractivity (Wildman–Crippen MR) is 107 cm³/mol. The Morgan fingerprint density at radius 1 is 0.720 bits per heavy atom. The van der Waals surface area contributed by atoms with Gasteiger partial charge < -0.3 is 11.3 Å². The minimum absolute atomic E-state index is 0. The molecule has 0 heterocycles. The molecule has 0 atom stereocenters. The molecule has 4 N–H and O–H groups in total. The number of rotatable bonds is 4. The first kappa shape index (κ1) is 17.2. The molecular formula is C23H23NO. The summed E-state index contributed by atoms with van der Waals surface area (Å²) in [6, 6.07) is 27.9. The molecule has 0 aliphatic rings. The van der Waals surface area contributed by atoms with Crippen molar-refractivity contribution in [3.05, 3.63) is 95.6 Å². The van der Waals surface area contributed by atoms with E-state index in [4.69, 9.17) is 0 Å². The first-order valence-corrected chi connectivity index (χ1v) is 8.44. The maximum Gasteiger partial charge on any atom is 0.0471 e. The van der Waals surface area contributed by atoms with Gasteiger partial charge in [-0.25, -0.2) is 0 Å². The SMILES string of the molecule is N.OCCc1cccc2cc3ccccc3c(Cc3ccccc3)c12. The van der Waals surface area contributed by atoms with Crippen molar-refractivity contribution in [3.8, 4) is 0 Å². The lowest BCUT2D eigenvalue weighted by molar-refractivity contribution is 0.300. The van der Waals surface area contributed by atoms with Crippen LogP contribution < -0.4 is 6.15 Å². The van der Waals surface area contributed by atoms with Crippen LogP contribution in [-0.2, 0) is 12.8 Å². The van der Waals surface area contributed by atoms with Crippen molar-refractivity contribution in [3.63, 3.8) is 0 Å². The van der Waals surface area contributed by atoms with E-state index in [0.29, 0.717) is 6.42 Å². The molecule has 126 valence electrons. The third kappa shape index (κ3) is 3.27. The first-order chi connectivity index (χ1) is 11.9. The van der Waals surface area contributed by atoms with Crippen LogP contribution in [0, 0.1) is 0 Å². The Balaban J connectivity index is 0.00000182. The first-order valence-electron chi connectivity index (χ1n) is 8.44. The highest BCUT2D eigenvalue weighted by molar-refractivity contribution is 6.03. The van der Waals surface area contributed by atoms with Gasteiger partial charge in [0, 0.05) is 6.61 Å². The van der Waals surface area contributed by atoms with Crippen LogP contribution in [0.25, 0.3) is 21.5 Å². The molecule has 2 nitrogen and oxygen atoms in total. The second-order valence-electron chi connectivity index (χ2n) is 6.23. The zero-order chi connectivity index (χ0) is 16.4.